The van der Waals surface area contributed by atoms with Crippen LogP contribution in [0.5, 0.6) is 0 Å². The van der Waals surface area contributed by atoms with Crippen LogP contribution in [0, 0.1) is 26.6 Å². The molecule has 0 aromatic heterocycles. The van der Waals surface area contributed by atoms with Gasteiger partial charge in [0.2, 0.25) is 0 Å². The summed E-state index contributed by atoms with van der Waals surface area (Å²) in [6, 6.07) is 11.2. The molecule has 0 heterocycles. The van der Waals surface area contributed by atoms with Gasteiger partial charge in [0.15, 0.2) is 0 Å². The summed E-state index contributed by atoms with van der Waals surface area (Å²) in [6.07, 6.45) is 0.671. The SMILES string of the molecule is Cc1ccc(C)c(C(Cc2cc(F)ccc2C)NN)c1. The highest BCUT2D eigenvalue weighted by molar-refractivity contribution is 5.35. The van der Waals surface area contributed by atoms with Crippen molar-refractivity contribution in [2.24, 2.45) is 5.84 Å². The fraction of sp³-hybridized carbons (Fsp3) is 0.294. The van der Waals surface area contributed by atoms with Gasteiger partial charge >= 0.3 is 0 Å². The van der Waals surface area contributed by atoms with Crippen LogP contribution < -0.4 is 11.3 Å². The molecule has 2 aromatic carbocycles. The molecule has 0 aliphatic heterocycles. The first kappa shape index (κ1) is 14.7. The highest BCUT2D eigenvalue weighted by Gasteiger charge is 2.14. The van der Waals surface area contributed by atoms with Crippen LogP contribution in [0.15, 0.2) is 36.4 Å². The third-order valence-corrected chi connectivity index (χ3v) is 3.75. The van der Waals surface area contributed by atoms with Gasteiger partial charge in [0.25, 0.3) is 0 Å². The second kappa shape index (κ2) is 6.16. The van der Waals surface area contributed by atoms with E-state index >= 15 is 0 Å². The van der Waals surface area contributed by atoms with Crippen molar-refractivity contribution in [1.82, 2.24) is 5.43 Å². The monoisotopic (exact) mass is 272 g/mol. The van der Waals surface area contributed by atoms with Crippen LogP contribution in [0.4, 0.5) is 4.39 Å². The van der Waals surface area contributed by atoms with Crippen molar-refractivity contribution in [1.29, 1.82) is 0 Å². The first-order chi connectivity index (χ1) is 9.51. The Balaban J connectivity index is 2.33. The molecule has 20 heavy (non-hydrogen) atoms. The molecule has 0 fully saturated rings. The molecule has 2 aromatic rings. The van der Waals surface area contributed by atoms with Crippen LogP contribution in [0.3, 0.4) is 0 Å². The lowest BCUT2D eigenvalue weighted by atomic mass is 9.93. The van der Waals surface area contributed by atoms with E-state index in [1.807, 2.05) is 6.92 Å². The summed E-state index contributed by atoms with van der Waals surface area (Å²) in [4.78, 5) is 0. The topological polar surface area (TPSA) is 38.0 Å². The zero-order valence-electron chi connectivity index (χ0n) is 12.2. The Labute approximate surface area is 119 Å². The van der Waals surface area contributed by atoms with Crippen LogP contribution in [-0.2, 0) is 6.42 Å². The standard InChI is InChI=1S/C17H21FN2/c1-11-4-5-13(3)16(8-11)17(20-19)10-14-9-15(18)7-6-12(14)2/h4-9,17,20H,10,19H2,1-3H3. The van der Waals surface area contributed by atoms with E-state index in [1.54, 1.807) is 12.1 Å². The molecule has 1 atom stereocenters. The van der Waals surface area contributed by atoms with Gasteiger partial charge in [0.1, 0.15) is 5.82 Å². The lowest BCUT2D eigenvalue weighted by Gasteiger charge is -2.20. The van der Waals surface area contributed by atoms with Crippen molar-refractivity contribution in [2.45, 2.75) is 33.2 Å². The fourth-order valence-electron chi connectivity index (χ4n) is 2.47. The Bertz CT molecular complexity index is 608. The van der Waals surface area contributed by atoms with Crippen molar-refractivity contribution < 1.29 is 4.39 Å². The average molecular weight is 272 g/mol. The molecule has 2 nitrogen and oxygen atoms in total. The first-order valence-corrected chi connectivity index (χ1v) is 6.79. The van der Waals surface area contributed by atoms with E-state index in [0.717, 1.165) is 16.7 Å². The maximum atomic E-state index is 13.4. The maximum absolute atomic E-state index is 13.4. The number of hydrogen-bond acceptors (Lipinski definition) is 2. The largest absolute Gasteiger partial charge is 0.271 e. The Hall–Kier alpha value is -1.71. The normalized spacial score (nSPS) is 12.4. The number of nitrogens with one attached hydrogen (secondary N) is 1. The van der Waals surface area contributed by atoms with Crippen LogP contribution in [0.1, 0.15) is 33.9 Å². The Morgan fingerprint density at radius 3 is 2.45 bits per heavy atom. The van der Waals surface area contributed by atoms with E-state index in [1.165, 1.54) is 17.2 Å². The third kappa shape index (κ3) is 3.24. The second-order valence-corrected chi connectivity index (χ2v) is 5.35. The molecule has 0 saturated heterocycles. The van der Waals surface area contributed by atoms with Gasteiger partial charge in [0.05, 0.1) is 6.04 Å². The van der Waals surface area contributed by atoms with Gasteiger partial charge in [-0.2, -0.15) is 0 Å². The van der Waals surface area contributed by atoms with Crippen molar-refractivity contribution in [2.75, 3.05) is 0 Å². The minimum Gasteiger partial charge on any atom is -0.271 e. The molecule has 0 bridgehead atoms. The zero-order valence-corrected chi connectivity index (χ0v) is 12.2. The molecule has 0 aliphatic carbocycles. The summed E-state index contributed by atoms with van der Waals surface area (Å²) >= 11 is 0. The minimum absolute atomic E-state index is 0.0181. The van der Waals surface area contributed by atoms with Gasteiger partial charge in [-0.25, -0.2) is 4.39 Å². The van der Waals surface area contributed by atoms with E-state index in [9.17, 15) is 4.39 Å². The van der Waals surface area contributed by atoms with Gasteiger partial charge in [-0.3, -0.25) is 11.3 Å². The Morgan fingerprint density at radius 1 is 1.05 bits per heavy atom. The number of nitrogens with two attached hydrogens (primary N) is 1. The van der Waals surface area contributed by atoms with Crippen molar-refractivity contribution in [3.8, 4) is 0 Å². The average Bonchev–Trinajstić information content (AvgIpc) is 2.42. The highest BCUT2D eigenvalue weighted by atomic mass is 19.1. The first-order valence-electron chi connectivity index (χ1n) is 6.79. The van der Waals surface area contributed by atoms with Gasteiger partial charge < -0.3 is 0 Å². The van der Waals surface area contributed by atoms with E-state index in [-0.39, 0.29) is 11.9 Å². The molecule has 2 rings (SSSR count). The summed E-state index contributed by atoms with van der Waals surface area (Å²) in [6.45, 7) is 6.12. The smallest absolute Gasteiger partial charge is 0.123 e. The predicted octanol–water partition coefficient (Wildman–Crippen LogP) is 3.50. The zero-order chi connectivity index (χ0) is 14.7. The summed E-state index contributed by atoms with van der Waals surface area (Å²) in [5.41, 5.74) is 8.47. The molecule has 106 valence electrons. The van der Waals surface area contributed by atoms with Gasteiger partial charge in [-0.15, -0.1) is 0 Å². The summed E-state index contributed by atoms with van der Waals surface area (Å²) < 4.78 is 13.4. The second-order valence-electron chi connectivity index (χ2n) is 5.35. The van der Waals surface area contributed by atoms with E-state index in [4.69, 9.17) is 5.84 Å². The molecular weight excluding hydrogens is 251 g/mol. The van der Waals surface area contributed by atoms with E-state index in [0.29, 0.717) is 6.42 Å². The third-order valence-electron chi connectivity index (χ3n) is 3.75. The Morgan fingerprint density at radius 2 is 1.75 bits per heavy atom. The fourth-order valence-corrected chi connectivity index (χ4v) is 2.47. The van der Waals surface area contributed by atoms with Gasteiger partial charge in [0, 0.05) is 0 Å². The summed E-state index contributed by atoms with van der Waals surface area (Å²) in [7, 11) is 0. The molecule has 0 radical (unpaired) electrons. The molecule has 0 spiro atoms. The maximum Gasteiger partial charge on any atom is 0.123 e. The van der Waals surface area contributed by atoms with Gasteiger partial charge in [-0.1, -0.05) is 29.8 Å². The van der Waals surface area contributed by atoms with Crippen LogP contribution in [0.25, 0.3) is 0 Å². The Kier molecular flexibility index (Phi) is 4.53. The number of aryl methyl sites for hydroxylation is 3. The molecule has 0 amide bonds. The number of rotatable bonds is 4. The molecule has 0 saturated carbocycles. The van der Waals surface area contributed by atoms with E-state index < -0.39 is 0 Å². The number of hydrogen-bond donors (Lipinski definition) is 2. The van der Waals surface area contributed by atoms with Crippen molar-refractivity contribution in [3.63, 3.8) is 0 Å². The number of benzene rings is 2. The van der Waals surface area contributed by atoms with Crippen molar-refractivity contribution >= 4 is 0 Å². The molecule has 0 aliphatic rings. The quantitative estimate of drug-likeness (QED) is 0.660. The summed E-state index contributed by atoms with van der Waals surface area (Å²) in [5.74, 6) is 5.51. The van der Waals surface area contributed by atoms with E-state index in [2.05, 4.69) is 37.5 Å². The minimum atomic E-state index is -0.206. The lowest BCUT2D eigenvalue weighted by Crippen LogP contribution is -2.30. The van der Waals surface area contributed by atoms with Crippen LogP contribution >= 0.6 is 0 Å². The molecule has 3 N–H and O–H groups in total. The number of hydrazine groups is 1. The van der Waals surface area contributed by atoms with Crippen LogP contribution in [-0.4, -0.2) is 0 Å². The summed E-state index contributed by atoms with van der Waals surface area (Å²) in [5, 5.41) is 0. The van der Waals surface area contributed by atoms with Gasteiger partial charge in [-0.05, 0) is 61.6 Å². The molecule has 1 unspecified atom stereocenters. The number of halogens is 1. The van der Waals surface area contributed by atoms with Crippen LogP contribution in [0.2, 0.25) is 0 Å². The van der Waals surface area contributed by atoms with Crippen molar-refractivity contribution in [3.05, 3.63) is 70.0 Å². The molecule has 3 heteroatoms. The lowest BCUT2D eigenvalue weighted by molar-refractivity contribution is 0.544. The highest BCUT2D eigenvalue weighted by Crippen LogP contribution is 2.24. The molecular formula is C17H21FN2. The predicted molar refractivity (Wildman–Crippen MR) is 80.8 cm³/mol.